The maximum absolute atomic E-state index is 11.5. The summed E-state index contributed by atoms with van der Waals surface area (Å²) in [6.07, 6.45) is 4.16. The Kier molecular flexibility index (Phi) is 4.76. The van der Waals surface area contributed by atoms with Crippen molar-refractivity contribution in [3.63, 3.8) is 0 Å². The molecule has 1 atom stereocenters. The average Bonchev–Trinajstić information content (AvgIpc) is 2.92. The van der Waals surface area contributed by atoms with Crippen LogP contribution in [0.25, 0.3) is 0 Å². The minimum atomic E-state index is 0.168. The van der Waals surface area contributed by atoms with E-state index in [4.69, 9.17) is 9.47 Å². The second-order valence-electron chi connectivity index (χ2n) is 4.57. The van der Waals surface area contributed by atoms with E-state index in [-0.39, 0.29) is 5.78 Å². The SMILES string of the molecule is CCC(=O)c1ccc(OCCC2CCCO2)cc1. The van der Waals surface area contributed by atoms with E-state index in [9.17, 15) is 4.79 Å². The molecule has 0 aliphatic carbocycles. The van der Waals surface area contributed by atoms with Gasteiger partial charge in [-0.05, 0) is 37.1 Å². The van der Waals surface area contributed by atoms with Crippen molar-refractivity contribution >= 4 is 5.78 Å². The number of rotatable bonds is 6. The van der Waals surface area contributed by atoms with E-state index in [2.05, 4.69) is 0 Å². The van der Waals surface area contributed by atoms with Crippen molar-refractivity contribution in [2.24, 2.45) is 0 Å². The van der Waals surface area contributed by atoms with Gasteiger partial charge in [-0.15, -0.1) is 0 Å². The van der Waals surface area contributed by atoms with Crippen LogP contribution >= 0.6 is 0 Å². The van der Waals surface area contributed by atoms with Crippen LogP contribution in [0.1, 0.15) is 43.0 Å². The molecule has 0 aromatic heterocycles. The summed E-state index contributed by atoms with van der Waals surface area (Å²) < 4.78 is 11.2. The smallest absolute Gasteiger partial charge is 0.162 e. The lowest BCUT2D eigenvalue weighted by Crippen LogP contribution is -2.10. The lowest BCUT2D eigenvalue weighted by molar-refractivity contribution is 0.0903. The molecule has 0 amide bonds. The molecular weight excluding hydrogens is 228 g/mol. The highest BCUT2D eigenvalue weighted by molar-refractivity contribution is 5.95. The summed E-state index contributed by atoms with van der Waals surface area (Å²) in [7, 11) is 0. The molecule has 1 aromatic rings. The maximum atomic E-state index is 11.5. The summed E-state index contributed by atoms with van der Waals surface area (Å²) in [5.74, 6) is 0.988. The molecule has 1 unspecified atom stereocenters. The molecule has 1 heterocycles. The number of benzene rings is 1. The van der Waals surface area contributed by atoms with Crippen LogP contribution in [0, 0.1) is 0 Å². The van der Waals surface area contributed by atoms with Crippen LogP contribution in [0.2, 0.25) is 0 Å². The normalized spacial score (nSPS) is 18.8. The van der Waals surface area contributed by atoms with Crippen LogP contribution in [-0.4, -0.2) is 25.1 Å². The molecule has 0 spiro atoms. The maximum Gasteiger partial charge on any atom is 0.162 e. The first kappa shape index (κ1) is 13.1. The summed E-state index contributed by atoms with van der Waals surface area (Å²) in [5.41, 5.74) is 0.754. The van der Waals surface area contributed by atoms with E-state index >= 15 is 0 Å². The fraction of sp³-hybridized carbons (Fsp3) is 0.533. The molecule has 0 bridgehead atoms. The Morgan fingerprint density at radius 1 is 1.39 bits per heavy atom. The van der Waals surface area contributed by atoms with E-state index < -0.39 is 0 Å². The number of carbonyl (C=O) groups is 1. The molecule has 18 heavy (non-hydrogen) atoms. The van der Waals surface area contributed by atoms with Crippen LogP contribution in [0.4, 0.5) is 0 Å². The Balaban J connectivity index is 1.77. The molecule has 1 aliphatic rings. The molecule has 98 valence electrons. The van der Waals surface area contributed by atoms with E-state index in [1.54, 1.807) is 0 Å². The van der Waals surface area contributed by atoms with Gasteiger partial charge in [-0.25, -0.2) is 0 Å². The van der Waals surface area contributed by atoms with Gasteiger partial charge in [0.2, 0.25) is 0 Å². The molecule has 1 fully saturated rings. The van der Waals surface area contributed by atoms with Gasteiger partial charge in [-0.1, -0.05) is 6.92 Å². The van der Waals surface area contributed by atoms with Crippen molar-refractivity contribution in [3.8, 4) is 5.75 Å². The lowest BCUT2D eigenvalue weighted by atomic mass is 10.1. The fourth-order valence-electron chi connectivity index (χ4n) is 2.12. The van der Waals surface area contributed by atoms with Crippen LogP contribution in [0.5, 0.6) is 5.75 Å². The molecule has 3 heteroatoms. The Morgan fingerprint density at radius 3 is 2.78 bits per heavy atom. The number of hydrogen-bond donors (Lipinski definition) is 0. The highest BCUT2D eigenvalue weighted by atomic mass is 16.5. The topological polar surface area (TPSA) is 35.5 Å². The molecule has 2 rings (SSSR count). The quantitative estimate of drug-likeness (QED) is 0.725. The largest absolute Gasteiger partial charge is 0.493 e. The first-order valence-corrected chi connectivity index (χ1v) is 6.67. The predicted octanol–water partition coefficient (Wildman–Crippen LogP) is 3.23. The summed E-state index contributed by atoms with van der Waals surface area (Å²) in [4.78, 5) is 11.5. The third-order valence-corrected chi connectivity index (χ3v) is 3.23. The Morgan fingerprint density at radius 2 is 2.17 bits per heavy atom. The zero-order valence-electron chi connectivity index (χ0n) is 10.9. The van der Waals surface area contributed by atoms with Crippen LogP contribution in [0.3, 0.4) is 0 Å². The summed E-state index contributed by atoms with van der Waals surface area (Å²) in [6, 6.07) is 7.37. The third-order valence-electron chi connectivity index (χ3n) is 3.23. The minimum absolute atomic E-state index is 0.168. The molecule has 1 aliphatic heterocycles. The molecule has 0 saturated carbocycles. The van der Waals surface area contributed by atoms with Gasteiger partial charge in [-0.3, -0.25) is 4.79 Å². The zero-order chi connectivity index (χ0) is 12.8. The second kappa shape index (κ2) is 6.55. The summed E-state index contributed by atoms with van der Waals surface area (Å²) >= 11 is 0. The van der Waals surface area contributed by atoms with Gasteiger partial charge in [0, 0.05) is 25.0 Å². The minimum Gasteiger partial charge on any atom is -0.493 e. The van der Waals surface area contributed by atoms with Crippen LogP contribution < -0.4 is 4.74 Å². The molecule has 0 radical (unpaired) electrons. The molecule has 1 saturated heterocycles. The molecular formula is C15H20O3. The first-order valence-electron chi connectivity index (χ1n) is 6.67. The molecule has 1 aromatic carbocycles. The number of carbonyl (C=O) groups excluding carboxylic acids is 1. The van der Waals surface area contributed by atoms with Crippen LogP contribution in [0.15, 0.2) is 24.3 Å². The monoisotopic (exact) mass is 248 g/mol. The number of ether oxygens (including phenoxy) is 2. The van der Waals surface area contributed by atoms with Gasteiger partial charge in [0.05, 0.1) is 12.7 Å². The van der Waals surface area contributed by atoms with Gasteiger partial charge >= 0.3 is 0 Å². The Labute approximate surface area is 108 Å². The predicted molar refractivity (Wildman–Crippen MR) is 70.1 cm³/mol. The summed E-state index contributed by atoms with van der Waals surface area (Å²) in [5, 5.41) is 0. The van der Waals surface area contributed by atoms with Crippen molar-refractivity contribution in [3.05, 3.63) is 29.8 Å². The Hall–Kier alpha value is -1.35. The molecule has 0 N–H and O–H groups in total. The van der Waals surface area contributed by atoms with E-state index in [0.29, 0.717) is 19.1 Å². The van der Waals surface area contributed by atoms with Crippen molar-refractivity contribution < 1.29 is 14.3 Å². The van der Waals surface area contributed by atoms with E-state index in [1.165, 1.54) is 6.42 Å². The van der Waals surface area contributed by atoms with Crippen molar-refractivity contribution in [2.45, 2.75) is 38.7 Å². The zero-order valence-corrected chi connectivity index (χ0v) is 10.9. The first-order chi connectivity index (χ1) is 8.79. The lowest BCUT2D eigenvalue weighted by Gasteiger charge is -2.10. The van der Waals surface area contributed by atoms with Gasteiger partial charge in [0.1, 0.15) is 5.75 Å². The summed E-state index contributed by atoms with van der Waals surface area (Å²) in [6.45, 7) is 3.43. The highest BCUT2D eigenvalue weighted by Gasteiger charge is 2.15. The number of ketones is 1. The van der Waals surface area contributed by atoms with E-state index in [0.717, 1.165) is 30.8 Å². The standard InChI is InChI=1S/C15H20O3/c1-2-15(16)12-5-7-14(8-6-12)18-11-9-13-4-3-10-17-13/h5-8,13H,2-4,9-11H2,1H3. The number of Topliss-reactive ketones (excluding diaryl/α,β-unsaturated/α-hetero) is 1. The number of hydrogen-bond acceptors (Lipinski definition) is 3. The second-order valence-corrected chi connectivity index (χ2v) is 4.57. The van der Waals surface area contributed by atoms with Crippen LogP contribution in [-0.2, 0) is 4.74 Å². The van der Waals surface area contributed by atoms with Gasteiger partial charge < -0.3 is 9.47 Å². The highest BCUT2D eigenvalue weighted by Crippen LogP contribution is 2.17. The van der Waals surface area contributed by atoms with E-state index in [1.807, 2.05) is 31.2 Å². The Bertz CT molecular complexity index is 377. The third kappa shape index (κ3) is 3.57. The van der Waals surface area contributed by atoms with Crippen molar-refractivity contribution in [1.29, 1.82) is 0 Å². The van der Waals surface area contributed by atoms with Crippen molar-refractivity contribution in [1.82, 2.24) is 0 Å². The van der Waals surface area contributed by atoms with Gasteiger partial charge in [0.25, 0.3) is 0 Å². The van der Waals surface area contributed by atoms with Gasteiger partial charge in [0.15, 0.2) is 5.78 Å². The van der Waals surface area contributed by atoms with Crippen molar-refractivity contribution in [2.75, 3.05) is 13.2 Å². The average molecular weight is 248 g/mol. The molecule has 3 nitrogen and oxygen atoms in total. The van der Waals surface area contributed by atoms with Gasteiger partial charge in [-0.2, -0.15) is 0 Å². The fourth-order valence-corrected chi connectivity index (χ4v) is 2.12.